The van der Waals surface area contributed by atoms with E-state index >= 15 is 0 Å². The van der Waals surface area contributed by atoms with E-state index in [-0.39, 0.29) is 10.6 Å². The van der Waals surface area contributed by atoms with Gasteiger partial charge in [0.25, 0.3) is 10.0 Å². The molecule has 1 heterocycles. The third-order valence-electron chi connectivity index (χ3n) is 2.26. The van der Waals surface area contributed by atoms with Crippen molar-refractivity contribution in [1.82, 2.24) is 4.98 Å². The summed E-state index contributed by atoms with van der Waals surface area (Å²) in [6, 6.07) is 7.15. The van der Waals surface area contributed by atoms with E-state index in [0.717, 1.165) is 5.56 Å². The fourth-order valence-electron chi connectivity index (χ4n) is 1.48. The van der Waals surface area contributed by atoms with E-state index in [4.69, 9.17) is 0 Å². The molecule has 0 spiro atoms. The topological polar surface area (TPSA) is 79.3 Å². The van der Waals surface area contributed by atoms with Gasteiger partial charge in [-0.05, 0) is 30.7 Å². The van der Waals surface area contributed by atoms with Gasteiger partial charge in [-0.3, -0.25) is 9.71 Å². The third kappa shape index (κ3) is 2.78. The lowest BCUT2D eigenvalue weighted by Crippen LogP contribution is -2.13. The van der Waals surface area contributed by atoms with Crippen molar-refractivity contribution in [3.63, 3.8) is 0 Å². The maximum atomic E-state index is 12.0. The van der Waals surface area contributed by atoms with Crippen molar-refractivity contribution in [1.29, 1.82) is 0 Å². The van der Waals surface area contributed by atoms with Gasteiger partial charge >= 0.3 is 0 Å². The van der Waals surface area contributed by atoms with Crippen molar-refractivity contribution in [2.75, 3.05) is 4.72 Å². The highest BCUT2D eigenvalue weighted by Crippen LogP contribution is 2.19. The van der Waals surface area contributed by atoms with E-state index in [2.05, 4.69) is 9.71 Å². The minimum Gasteiger partial charge on any atom is -0.508 e. The molecule has 1 aromatic carbocycles. The van der Waals surface area contributed by atoms with E-state index in [1.54, 1.807) is 12.3 Å². The lowest BCUT2D eigenvalue weighted by atomic mass is 10.3. The molecule has 0 aliphatic carbocycles. The molecule has 5 nitrogen and oxygen atoms in total. The van der Waals surface area contributed by atoms with Gasteiger partial charge in [0.15, 0.2) is 0 Å². The molecule has 2 aromatic rings. The zero-order chi connectivity index (χ0) is 13.2. The molecule has 2 rings (SSSR count). The van der Waals surface area contributed by atoms with Crippen LogP contribution in [0, 0.1) is 6.92 Å². The van der Waals surface area contributed by atoms with Crippen molar-refractivity contribution in [3.8, 4) is 5.75 Å². The molecule has 0 unspecified atom stereocenters. The summed E-state index contributed by atoms with van der Waals surface area (Å²) in [5.41, 5.74) is 1.24. The van der Waals surface area contributed by atoms with Gasteiger partial charge in [-0.25, -0.2) is 8.42 Å². The Morgan fingerprint density at radius 3 is 2.67 bits per heavy atom. The van der Waals surface area contributed by atoms with Gasteiger partial charge in [0.1, 0.15) is 5.75 Å². The lowest BCUT2D eigenvalue weighted by Gasteiger charge is -2.08. The second-order valence-corrected chi connectivity index (χ2v) is 5.54. The Kier molecular flexibility index (Phi) is 3.20. The molecule has 0 aliphatic rings. The molecule has 1 aromatic heterocycles. The number of phenolic OH excluding ortho intramolecular Hbond substituents is 1. The summed E-state index contributed by atoms with van der Waals surface area (Å²) >= 11 is 0. The third-order valence-corrected chi connectivity index (χ3v) is 3.63. The number of sulfonamides is 1. The standard InChI is InChI=1S/C12H12N2O3S/c1-9-5-10(8-13-7-9)14-18(16,17)12-4-2-3-11(15)6-12/h2-8,14-15H,1H3. The first-order valence-corrected chi connectivity index (χ1v) is 6.69. The molecule has 0 fully saturated rings. The zero-order valence-corrected chi connectivity index (χ0v) is 10.5. The molecular formula is C12H12N2O3S. The van der Waals surface area contributed by atoms with Crippen LogP contribution in [0.4, 0.5) is 5.69 Å². The number of anilines is 1. The number of hydrogen-bond donors (Lipinski definition) is 2. The van der Waals surface area contributed by atoms with E-state index in [9.17, 15) is 13.5 Å². The number of pyridine rings is 1. The van der Waals surface area contributed by atoms with E-state index in [0.29, 0.717) is 5.69 Å². The molecule has 0 atom stereocenters. The Bertz CT molecular complexity index is 669. The number of nitrogens with zero attached hydrogens (tertiary/aromatic N) is 1. The Morgan fingerprint density at radius 2 is 2.00 bits per heavy atom. The number of hydrogen-bond acceptors (Lipinski definition) is 4. The summed E-state index contributed by atoms with van der Waals surface area (Å²) in [4.78, 5) is 3.91. The molecule has 2 N–H and O–H groups in total. The molecule has 0 saturated heterocycles. The molecule has 0 amide bonds. The summed E-state index contributed by atoms with van der Waals surface area (Å²) in [5.74, 6) is -0.0970. The van der Waals surface area contributed by atoms with Gasteiger partial charge < -0.3 is 5.11 Å². The predicted octanol–water partition coefficient (Wildman–Crippen LogP) is 1.90. The largest absolute Gasteiger partial charge is 0.508 e. The second kappa shape index (κ2) is 4.66. The number of phenols is 1. The SMILES string of the molecule is Cc1cncc(NS(=O)(=O)c2cccc(O)c2)c1. The zero-order valence-electron chi connectivity index (χ0n) is 9.66. The van der Waals surface area contributed by atoms with Crippen LogP contribution in [0.5, 0.6) is 5.75 Å². The Morgan fingerprint density at radius 1 is 1.22 bits per heavy atom. The van der Waals surface area contributed by atoms with Crippen molar-refractivity contribution < 1.29 is 13.5 Å². The smallest absolute Gasteiger partial charge is 0.262 e. The summed E-state index contributed by atoms with van der Waals surface area (Å²) in [6.45, 7) is 1.82. The highest BCUT2D eigenvalue weighted by Gasteiger charge is 2.14. The van der Waals surface area contributed by atoms with Crippen LogP contribution < -0.4 is 4.72 Å². The Balaban J connectivity index is 2.33. The summed E-state index contributed by atoms with van der Waals surface area (Å²) in [7, 11) is -3.70. The predicted molar refractivity (Wildman–Crippen MR) is 67.9 cm³/mol. The van der Waals surface area contributed by atoms with Crippen LogP contribution in [0.3, 0.4) is 0 Å². The number of aryl methyl sites for hydroxylation is 1. The maximum absolute atomic E-state index is 12.0. The molecule has 0 bridgehead atoms. The molecule has 18 heavy (non-hydrogen) atoms. The first kappa shape index (κ1) is 12.4. The first-order chi connectivity index (χ1) is 8.47. The van der Waals surface area contributed by atoms with Crippen molar-refractivity contribution in [2.45, 2.75) is 11.8 Å². The van der Waals surface area contributed by atoms with Crippen LogP contribution in [0.25, 0.3) is 0 Å². The van der Waals surface area contributed by atoms with Crippen molar-refractivity contribution >= 4 is 15.7 Å². The van der Waals surface area contributed by atoms with Gasteiger partial charge in [-0.1, -0.05) is 6.07 Å². The monoisotopic (exact) mass is 264 g/mol. The fraction of sp³-hybridized carbons (Fsp3) is 0.0833. The van der Waals surface area contributed by atoms with Crippen LogP contribution in [-0.4, -0.2) is 18.5 Å². The van der Waals surface area contributed by atoms with Gasteiger partial charge in [-0.15, -0.1) is 0 Å². The summed E-state index contributed by atoms with van der Waals surface area (Å²) in [5, 5.41) is 9.28. The lowest BCUT2D eigenvalue weighted by molar-refractivity contribution is 0.473. The average Bonchev–Trinajstić information content (AvgIpc) is 2.28. The molecule has 0 aliphatic heterocycles. The first-order valence-electron chi connectivity index (χ1n) is 5.21. The summed E-state index contributed by atoms with van der Waals surface area (Å²) in [6.07, 6.45) is 3.06. The van der Waals surface area contributed by atoms with E-state index < -0.39 is 10.0 Å². The second-order valence-electron chi connectivity index (χ2n) is 3.85. The van der Waals surface area contributed by atoms with E-state index in [1.165, 1.54) is 30.5 Å². The quantitative estimate of drug-likeness (QED) is 0.887. The fourth-order valence-corrected chi connectivity index (χ4v) is 2.55. The normalized spacial score (nSPS) is 11.2. The highest BCUT2D eigenvalue weighted by atomic mass is 32.2. The van der Waals surface area contributed by atoms with Crippen LogP contribution >= 0.6 is 0 Å². The van der Waals surface area contributed by atoms with Gasteiger partial charge in [-0.2, -0.15) is 0 Å². The minimum absolute atomic E-state index is 0.00371. The van der Waals surface area contributed by atoms with Crippen LogP contribution in [0.2, 0.25) is 0 Å². The van der Waals surface area contributed by atoms with Crippen LogP contribution in [0.15, 0.2) is 47.6 Å². The molecule has 0 radical (unpaired) electrons. The highest BCUT2D eigenvalue weighted by molar-refractivity contribution is 7.92. The van der Waals surface area contributed by atoms with Crippen LogP contribution in [0.1, 0.15) is 5.56 Å². The molecule has 6 heteroatoms. The van der Waals surface area contributed by atoms with Crippen LogP contribution in [-0.2, 0) is 10.0 Å². The van der Waals surface area contributed by atoms with E-state index in [1.807, 2.05) is 6.92 Å². The molecule has 0 saturated carbocycles. The number of aromatic nitrogens is 1. The van der Waals surface area contributed by atoms with Crippen molar-refractivity contribution in [3.05, 3.63) is 48.3 Å². The average molecular weight is 264 g/mol. The molecular weight excluding hydrogens is 252 g/mol. The summed E-state index contributed by atoms with van der Waals surface area (Å²) < 4.78 is 26.4. The van der Waals surface area contributed by atoms with Crippen molar-refractivity contribution in [2.24, 2.45) is 0 Å². The number of benzene rings is 1. The number of nitrogens with one attached hydrogen (secondary N) is 1. The Hall–Kier alpha value is -2.08. The maximum Gasteiger partial charge on any atom is 0.262 e. The number of rotatable bonds is 3. The van der Waals surface area contributed by atoms with Gasteiger partial charge in [0.05, 0.1) is 16.8 Å². The van der Waals surface area contributed by atoms with Gasteiger partial charge in [0.2, 0.25) is 0 Å². The molecule has 94 valence electrons. The van der Waals surface area contributed by atoms with Gasteiger partial charge in [0, 0.05) is 12.3 Å². The Labute approximate surface area is 105 Å². The minimum atomic E-state index is -3.70. The number of aromatic hydroxyl groups is 1.